The molecule has 1 aliphatic heterocycles. The third kappa shape index (κ3) is 5.01. The topological polar surface area (TPSA) is 115 Å². The van der Waals surface area contributed by atoms with Crippen LogP contribution in [0.1, 0.15) is 40.1 Å². The molecule has 4 rings (SSSR count). The van der Waals surface area contributed by atoms with Crippen molar-refractivity contribution in [1.82, 2.24) is 15.1 Å². The van der Waals surface area contributed by atoms with E-state index in [9.17, 15) is 14.0 Å². The zero-order valence-electron chi connectivity index (χ0n) is 19.0. The molecule has 0 saturated heterocycles. The molecule has 9 nitrogen and oxygen atoms in total. The maximum Gasteiger partial charge on any atom is 0.257 e. The van der Waals surface area contributed by atoms with E-state index in [1.54, 1.807) is 36.1 Å². The number of hydrogen-bond donors (Lipinski definition) is 3. The second kappa shape index (κ2) is 9.14. The number of halogens is 1. The van der Waals surface area contributed by atoms with Gasteiger partial charge in [-0.25, -0.2) is 4.39 Å². The average molecular weight is 468 g/mol. The Morgan fingerprint density at radius 3 is 2.71 bits per heavy atom. The first-order valence-corrected chi connectivity index (χ1v) is 10.7. The lowest BCUT2D eigenvalue weighted by atomic mass is 9.99. The van der Waals surface area contributed by atoms with Gasteiger partial charge in [-0.15, -0.1) is 0 Å². The highest BCUT2D eigenvalue weighted by Gasteiger charge is 2.34. The molecule has 10 heteroatoms. The van der Waals surface area contributed by atoms with Crippen LogP contribution in [0.15, 0.2) is 42.6 Å². The second-order valence-corrected chi connectivity index (χ2v) is 8.54. The number of nitrogens with one attached hydrogen (secondary N) is 2. The third-order valence-electron chi connectivity index (χ3n) is 5.18. The number of rotatable bonds is 7. The highest BCUT2D eigenvalue weighted by atomic mass is 19.1. The fraction of sp³-hybridized carbons (Fsp3) is 0.292. The summed E-state index contributed by atoms with van der Waals surface area (Å²) in [7, 11) is 1.74. The summed E-state index contributed by atoms with van der Waals surface area (Å²) in [6.07, 6.45) is 2.24. The molecular weight excluding hydrogens is 443 g/mol. The van der Waals surface area contributed by atoms with Crippen molar-refractivity contribution >= 4 is 17.6 Å². The third-order valence-corrected chi connectivity index (χ3v) is 5.18. The van der Waals surface area contributed by atoms with Gasteiger partial charge in [-0.1, -0.05) is 0 Å². The zero-order valence-corrected chi connectivity index (χ0v) is 19.0. The number of aromatic nitrogens is 2. The summed E-state index contributed by atoms with van der Waals surface area (Å²) in [5.74, 6) is -0.395. The smallest absolute Gasteiger partial charge is 0.257 e. The van der Waals surface area contributed by atoms with Gasteiger partial charge < -0.3 is 25.2 Å². The molecule has 3 N–H and O–H groups in total. The number of aliphatic hydroxyl groups excluding tert-OH is 1. The number of aryl methyl sites for hydroxylation is 1. The van der Waals surface area contributed by atoms with Crippen LogP contribution in [0.25, 0.3) is 0 Å². The van der Waals surface area contributed by atoms with Gasteiger partial charge >= 0.3 is 0 Å². The Hall–Kier alpha value is -3.92. The summed E-state index contributed by atoms with van der Waals surface area (Å²) < 4.78 is 28.1. The van der Waals surface area contributed by atoms with Crippen LogP contribution in [0.3, 0.4) is 0 Å². The number of carbonyl (C=O) groups is 2. The van der Waals surface area contributed by atoms with Crippen molar-refractivity contribution in [3.05, 3.63) is 65.1 Å². The van der Waals surface area contributed by atoms with E-state index in [1.807, 2.05) is 13.8 Å². The lowest BCUT2D eigenvalue weighted by molar-refractivity contribution is 0.0940. The molecule has 2 aromatic carbocycles. The number of nitrogens with zero attached hydrogens (tertiary/aromatic N) is 2. The van der Waals surface area contributed by atoms with Gasteiger partial charge in [0.05, 0.1) is 12.2 Å². The van der Waals surface area contributed by atoms with E-state index in [-0.39, 0.29) is 30.0 Å². The molecule has 0 atom stereocenters. The molecule has 34 heavy (non-hydrogen) atoms. The number of fused-ring (bicyclic) bond motifs is 1. The zero-order chi connectivity index (χ0) is 24.5. The molecule has 178 valence electrons. The van der Waals surface area contributed by atoms with Crippen molar-refractivity contribution in [3.8, 4) is 17.2 Å². The van der Waals surface area contributed by atoms with E-state index in [0.717, 1.165) is 11.6 Å². The number of ether oxygens (including phenoxy) is 2. The van der Waals surface area contributed by atoms with E-state index >= 15 is 0 Å². The molecule has 0 bridgehead atoms. The molecule has 0 saturated carbocycles. The van der Waals surface area contributed by atoms with Crippen molar-refractivity contribution in [2.45, 2.75) is 25.9 Å². The SMILES string of the molecule is Cn1ccc(NC(=O)c2cc(Oc3ccc(C(=O)NCCO)c(F)c3)c3c(c2)OC(C)(C)C3)n1. The van der Waals surface area contributed by atoms with Crippen molar-refractivity contribution < 1.29 is 28.6 Å². The van der Waals surface area contributed by atoms with Crippen molar-refractivity contribution in [3.63, 3.8) is 0 Å². The number of aliphatic hydroxyl groups is 1. The van der Waals surface area contributed by atoms with Gasteiger partial charge in [-0.05, 0) is 38.1 Å². The van der Waals surface area contributed by atoms with Crippen molar-refractivity contribution in [2.75, 3.05) is 18.5 Å². The number of carbonyl (C=O) groups excluding carboxylic acids is 2. The van der Waals surface area contributed by atoms with Crippen LogP contribution in [0.5, 0.6) is 17.2 Å². The summed E-state index contributed by atoms with van der Waals surface area (Å²) in [6.45, 7) is 3.61. The number of anilines is 1. The predicted molar refractivity (Wildman–Crippen MR) is 122 cm³/mol. The summed E-state index contributed by atoms with van der Waals surface area (Å²) in [6, 6.07) is 8.75. The van der Waals surface area contributed by atoms with Crippen molar-refractivity contribution in [2.24, 2.45) is 7.05 Å². The molecule has 1 aliphatic rings. The fourth-order valence-electron chi connectivity index (χ4n) is 3.67. The standard InChI is InChI=1S/C24H25FN4O5/c1-24(2)13-17-19(33-15-4-5-16(18(25)12-15)23(32)26-7-9-30)10-14(11-20(17)34-24)22(31)27-21-6-8-29(3)28-21/h4-6,8,10-12,30H,7,9,13H2,1-3H3,(H,26,32)(H,27,28,31). The minimum atomic E-state index is -0.773. The van der Waals surface area contributed by atoms with Crippen LogP contribution in [-0.2, 0) is 13.5 Å². The minimum absolute atomic E-state index is 0.0196. The molecular formula is C24H25FN4O5. The maximum absolute atomic E-state index is 14.6. The van der Waals surface area contributed by atoms with E-state index in [1.165, 1.54) is 12.1 Å². The predicted octanol–water partition coefficient (Wildman–Crippen LogP) is 3.04. The van der Waals surface area contributed by atoms with Crippen LogP contribution in [-0.4, -0.2) is 45.5 Å². The largest absolute Gasteiger partial charge is 0.487 e. The molecule has 0 radical (unpaired) electrons. The Balaban J connectivity index is 1.63. The lowest BCUT2D eigenvalue weighted by Gasteiger charge is -2.16. The summed E-state index contributed by atoms with van der Waals surface area (Å²) in [4.78, 5) is 24.9. The Kier molecular flexibility index (Phi) is 6.25. The van der Waals surface area contributed by atoms with Gasteiger partial charge in [0.2, 0.25) is 0 Å². The van der Waals surface area contributed by atoms with Crippen LogP contribution in [0, 0.1) is 5.82 Å². The minimum Gasteiger partial charge on any atom is -0.487 e. The van der Waals surface area contributed by atoms with Crippen LogP contribution in [0.4, 0.5) is 10.2 Å². The van der Waals surface area contributed by atoms with E-state index in [2.05, 4.69) is 15.7 Å². The molecule has 2 amide bonds. The first-order valence-electron chi connectivity index (χ1n) is 10.7. The summed E-state index contributed by atoms with van der Waals surface area (Å²) in [5, 5.41) is 18.1. The Labute approximate surface area is 195 Å². The van der Waals surface area contributed by atoms with Gasteiger partial charge in [0.25, 0.3) is 11.8 Å². The molecule has 0 spiro atoms. The molecule has 3 aromatic rings. The molecule has 0 aliphatic carbocycles. The molecule has 0 fully saturated rings. The fourth-order valence-corrected chi connectivity index (χ4v) is 3.67. The van der Waals surface area contributed by atoms with Crippen molar-refractivity contribution in [1.29, 1.82) is 0 Å². The summed E-state index contributed by atoms with van der Waals surface area (Å²) in [5.41, 5.74) is 0.372. The quantitative estimate of drug-likeness (QED) is 0.491. The van der Waals surface area contributed by atoms with E-state index < -0.39 is 23.2 Å². The van der Waals surface area contributed by atoms with Crippen LogP contribution < -0.4 is 20.1 Å². The van der Waals surface area contributed by atoms with Gasteiger partial charge in [-0.2, -0.15) is 5.10 Å². The van der Waals surface area contributed by atoms with Gasteiger partial charge in [-0.3, -0.25) is 14.3 Å². The number of benzene rings is 2. The normalized spacial score (nSPS) is 13.7. The molecule has 2 heterocycles. The first kappa shape index (κ1) is 23.2. The molecule has 0 unspecified atom stereocenters. The highest BCUT2D eigenvalue weighted by Crippen LogP contribution is 2.43. The number of amides is 2. The van der Waals surface area contributed by atoms with Gasteiger partial charge in [0, 0.05) is 49.5 Å². The number of hydrogen-bond acceptors (Lipinski definition) is 6. The Morgan fingerprint density at radius 2 is 2.03 bits per heavy atom. The summed E-state index contributed by atoms with van der Waals surface area (Å²) >= 11 is 0. The molecule has 1 aromatic heterocycles. The second-order valence-electron chi connectivity index (χ2n) is 8.54. The maximum atomic E-state index is 14.6. The monoisotopic (exact) mass is 468 g/mol. The van der Waals surface area contributed by atoms with Gasteiger partial charge in [0.15, 0.2) is 5.82 Å². The highest BCUT2D eigenvalue weighted by molar-refractivity contribution is 6.04. The van der Waals surface area contributed by atoms with Gasteiger partial charge in [0.1, 0.15) is 28.7 Å². The van der Waals surface area contributed by atoms with Crippen LogP contribution >= 0.6 is 0 Å². The van der Waals surface area contributed by atoms with E-state index in [4.69, 9.17) is 14.6 Å². The Bertz CT molecular complexity index is 1250. The van der Waals surface area contributed by atoms with E-state index in [0.29, 0.717) is 23.7 Å². The average Bonchev–Trinajstić information content (AvgIpc) is 3.32. The Morgan fingerprint density at radius 1 is 1.24 bits per heavy atom. The van der Waals surface area contributed by atoms with Crippen LogP contribution in [0.2, 0.25) is 0 Å². The lowest BCUT2D eigenvalue weighted by Crippen LogP contribution is -2.27. The first-order chi connectivity index (χ1) is 16.1.